The number of nitrogens with one attached hydrogen (secondary N) is 1. The molecule has 0 bridgehead atoms. The van der Waals surface area contributed by atoms with Crippen LogP contribution in [0.4, 0.5) is 11.4 Å². The van der Waals surface area contributed by atoms with Gasteiger partial charge in [0.2, 0.25) is 10.0 Å². The summed E-state index contributed by atoms with van der Waals surface area (Å²) >= 11 is 6.19. The maximum Gasteiger partial charge on any atom is 0.267 e. The first kappa shape index (κ1) is 24.7. The Labute approximate surface area is 220 Å². The number of para-hydroxylation sites is 3. The second-order valence-corrected chi connectivity index (χ2v) is 10.7. The summed E-state index contributed by atoms with van der Waals surface area (Å²) in [6, 6.07) is 29.6. The number of amides is 1. The first-order chi connectivity index (χ1) is 17.9. The van der Waals surface area contributed by atoms with Gasteiger partial charge in [-0.3, -0.25) is 9.10 Å². The number of nitrogens with zero attached hydrogens (tertiary/aromatic N) is 1. The van der Waals surface area contributed by atoms with Crippen molar-refractivity contribution in [3.05, 3.63) is 114 Å². The van der Waals surface area contributed by atoms with Crippen LogP contribution in [0.3, 0.4) is 0 Å². The molecule has 4 aromatic rings. The lowest BCUT2D eigenvalue weighted by Crippen LogP contribution is -2.49. The zero-order valence-electron chi connectivity index (χ0n) is 19.6. The highest BCUT2D eigenvalue weighted by atomic mass is 35.5. The molecule has 5 rings (SSSR count). The van der Waals surface area contributed by atoms with Gasteiger partial charge in [0.25, 0.3) is 5.91 Å². The average molecular weight is 535 g/mol. The molecule has 1 aliphatic heterocycles. The van der Waals surface area contributed by atoms with E-state index in [0.29, 0.717) is 39.2 Å². The van der Waals surface area contributed by atoms with E-state index in [9.17, 15) is 13.2 Å². The quantitative estimate of drug-likeness (QED) is 0.320. The molecule has 0 saturated carbocycles. The molecule has 1 N–H and O–H groups in total. The van der Waals surface area contributed by atoms with Crippen LogP contribution < -0.4 is 19.1 Å². The van der Waals surface area contributed by atoms with Gasteiger partial charge >= 0.3 is 0 Å². The lowest BCUT2D eigenvalue weighted by molar-refractivity contribution is -0.122. The summed E-state index contributed by atoms with van der Waals surface area (Å²) in [4.78, 5) is 13.4. The second-order valence-electron chi connectivity index (χ2n) is 8.39. The van der Waals surface area contributed by atoms with Crippen LogP contribution in [0.5, 0.6) is 17.2 Å². The summed E-state index contributed by atoms with van der Waals surface area (Å²) in [7, 11) is -3.82. The highest BCUT2D eigenvalue weighted by Gasteiger charge is 2.37. The molecule has 7 nitrogen and oxygen atoms in total. The third kappa shape index (κ3) is 5.71. The van der Waals surface area contributed by atoms with Gasteiger partial charge in [0.05, 0.1) is 23.7 Å². The molecule has 1 atom stereocenters. The van der Waals surface area contributed by atoms with Crippen LogP contribution in [0.15, 0.2) is 103 Å². The van der Waals surface area contributed by atoms with Crippen molar-refractivity contribution in [2.45, 2.75) is 11.9 Å². The van der Waals surface area contributed by atoms with E-state index in [1.54, 1.807) is 78.9 Å². The van der Waals surface area contributed by atoms with Crippen LogP contribution in [-0.2, 0) is 20.6 Å². The van der Waals surface area contributed by atoms with Gasteiger partial charge in [-0.2, -0.15) is 0 Å². The van der Waals surface area contributed by atoms with Crippen LogP contribution in [-0.4, -0.2) is 27.0 Å². The van der Waals surface area contributed by atoms with Gasteiger partial charge in [-0.25, -0.2) is 8.42 Å². The lowest BCUT2D eigenvalue weighted by Gasteiger charge is -2.34. The first-order valence-electron chi connectivity index (χ1n) is 11.5. The monoisotopic (exact) mass is 534 g/mol. The summed E-state index contributed by atoms with van der Waals surface area (Å²) in [5, 5.41) is 3.20. The third-order valence-electron chi connectivity index (χ3n) is 5.73. The Morgan fingerprint density at radius 3 is 2.38 bits per heavy atom. The maximum absolute atomic E-state index is 13.4. The van der Waals surface area contributed by atoms with Crippen LogP contribution in [0.2, 0.25) is 5.02 Å². The maximum atomic E-state index is 13.4. The molecule has 0 fully saturated rings. The van der Waals surface area contributed by atoms with Gasteiger partial charge < -0.3 is 14.8 Å². The molecule has 0 aliphatic carbocycles. The standard InChI is InChI=1S/C28H23ClN2O5S/c29-21-15-16-25(35-22-11-5-2-6-12-22)23(17-21)30-28(32)27-18-31(24-13-7-8-14-26(24)36-27)37(33,34)19-20-9-3-1-4-10-20/h1-17,27H,18-19H2,(H,30,32)/t27-/m1/s1. The van der Waals surface area contributed by atoms with Crippen molar-refractivity contribution >= 4 is 38.9 Å². The van der Waals surface area contributed by atoms with E-state index in [0.717, 1.165) is 0 Å². The van der Waals surface area contributed by atoms with Crippen molar-refractivity contribution in [2.24, 2.45) is 0 Å². The Kier molecular flexibility index (Phi) is 7.03. The number of rotatable bonds is 7. The van der Waals surface area contributed by atoms with Gasteiger partial charge in [-0.1, -0.05) is 72.3 Å². The Morgan fingerprint density at radius 1 is 0.946 bits per heavy atom. The SMILES string of the molecule is O=C(Nc1cc(Cl)ccc1Oc1ccccc1)[C@H]1CN(S(=O)(=O)Cc2ccccc2)c2ccccc2O1. The number of carbonyl (C=O) groups is 1. The Balaban J connectivity index is 1.41. The first-order valence-corrected chi connectivity index (χ1v) is 13.5. The predicted octanol–water partition coefficient (Wildman–Crippen LogP) is 5.87. The molecular formula is C28H23ClN2O5S. The van der Waals surface area contributed by atoms with E-state index >= 15 is 0 Å². The van der Waals surface area contributed by atoms with Crippen molar-refractivity contribution in [3.63, 3.8) is 0 Å². The van der Waals surface area contributed by atoms with Crippen molar-refractivity contribution in [3.8, 4) is 17.2 Å². The van der Waals surface area contributed by atoms with Crippen molar-refractivity contribution < 1.29 is 22.7 Å². The molecule has 1 aliphatic rings. The number of carbonyl (C=O) groups excluding carboxylic acids is 1. The minimum absolute atomic E-state index is 0.187. The number of sulfonamides is 1. The van der Waals surface area contributed by atoms with Crippen LogP contribution in [0.1, 0.15) is 5.56 Å². The molecular weight excluding hydrogens is 512 g/mol. The topological polar surface area (TPSA) is 84.9 Å². The molecule has 1 heterocycles. The molecule has 9 heteroatoms. The molecule has 0 aromatic heterocycles. The molecule has 0 radical (unpaired) electrons. The molecule has 188 valence electrons. The van der Waals surface area contributed by atoms with Crippen LogP contribution in [0.25, 0.3) is 0 Å². The van der Waals surface area contributed by atoms with E-state index in [2.05, 4.69) is 5.32 Å². The van der Waals surface area contributed by atoms with E-state index in [-0.39, 0.29) is 12.3 Å². The minimum atomic E-state index is -3.82. The molecule has 0 saturated heterocycles. The van der Waals surface area contributed by atoms with E-state index in [4.69, 9.17) is 21.1 Å². The van der Waals surface area contributed by atoms with Crippen molar-refractivity contribution in [2.75, 3.05) is 16.2 Å². The Morgan fingerprint density at radius 2 is 1.62 bits per heavy atom. The highest BCUT2D eigenvalue weighted by molar-refractivity contribution is 7.92. The van der Waals surface area contributed by atoms with Crippen LogP contribution in [0, 0.1) is 0 Å². The molecule has 37 heavy (non-hydrogen) atoms. The molecule has 0 unspecified atom stereocenters. The largest absolute Gasteiger partial charge is 0.476 e. The van der Waals surface area contributed by atoms with Crippen LogP contribution >= 0.6 is 11.6 Å². The van der Waals surface area contributed by atoms with Gasteiger partial charge in [0.1, 0.15) is 11.5 Å². The minimum Gasteiger partial charge on any atom is -0.476 e. The Hall–Kier alpha value is -4.01. The zero-order valence-corrected chi connectivity index (χ0v) is 21.2. The number of ether oxygens (including phenoxy) is 2. The summed E-state index contributed by atoms with van der Waals surface area (Å²) in [6.07, 6.45) is -1.11. The highest BCUT2D eigenvalue weighted by Crippen LogP contribution is 2.37. The molecule has 1 amide bonds. The van der Waals surface area contributed by atoms with E-state index < -0.39 is 22.0 Å². The van der Waals surface area contributed by atoms with Gasteiger partial charge in [0.15, 0.2) is 11.9 Å². The van der Waals surface area contributed by atoms with E-state index in [1.807, 2.05) is 24.3 Å². The number of benzene rings is 4. The fourth-order valence-corrected chi connectivity index (χ4v) is 5.74. The summed E-state index contributed by atoms with van der Waals surface area (Å²) < 4.78 is 40.0. The fourth-order valence-electron chi connectivity index (χ4n) is 3.98. The lowest BCUT2D eigenvalue weighted by atomic mass is 10.2. The van der Waals surface area contributed by atoms with E-state index in [1.165, 1.54) is 4.31 Å². The summed E-state index contributed by atoms with van der Waals surface area (Å²) in [5.41, 5.74) is 1.37. The van der Waals surface area contributed by atoms with Gasteiger partial charge in [0, 0.05) is 5.02 Å². The summed E-state index contributed by atoms with van der Waals surface area (Å²) in [5.74, 6) is 0.530. The number of hydrogen-bond acceptors (Lipinski definition) is 5. The van der Waals surface area contributed by atoms with Crippen molar-refractivity contribution in [1.29, 1.82) is 0 Å². The summed E-state index contributed by atoms with van der Waals surface area (Å²) in [6.45, 7) is -0.187. The second kappa shape index (κ2) is 10.5. The number of anilines is 2. The smallest absolute Gasteiger partial charge is 0.267 e. The molecule has 4 aromatic carbocycles. The Bertz CT molecular complexity index is 1510. The van der Waals surface area contributed by atoms with Gasteiger partial charge in [-0.05, 0) is 48.0 Å². The predicted molar refractivity (Wildman–Crippen MR) is 144 cm³/mol. The number of halogens is 1. The third-order valence-corrected chi connectivity index (χ3v) is 7.68. The fraction of sp³-hybridized carbons (Fsp3) is 0.107. The van der Waals surface area contributed by atoms with Crippen molar-refractivity contribution in [1.82, 2.24) is 0 Å². The normalized spacial score (nSPS) is 14.8. The number of fused-ring (bicyclic) bond motifs is 1. The molecule has 0 spiro atoms. The zero-order chi connectivity index (χ0) is 25.8. The van der Waals surface area contributed by atoms with Gasteiger partial charge in [-0.15, -0.1) is 0 Å². The average Bonchev–Trinajstić information content (AvgIpc) is 2.90. The number of hydrogen-bond donors (Lipinski definition) is 1.